The number of aromatic nitrogens is 1. The molecular weight excluding hydrogens is 347 g/mol. The quantitative estimate of drug-likeness (QED) is 0.786. The predicted octanol–water partition coefficient (Wildman–Crippen LogP) is 4.95. The van der Waals surface area contributed by atoms with Gasteiger partial charge in [-0.15, -0.1) is 0 Å². The second-order valence-corrected chi connectivity index (χ2v) is 6.88. The molecule has 0 atom stereocenters. The summed E-state index contributed by atoms with van der Waals surface area (Å²) in [6, 6.07) is 5.03. The fraction of sp³-hybridized carbons (Fsp3) is 0.333. The molecule has 0 unspecified atom stereocenters. The molecule has 0 bridgehead atoms. The summed E-state index contributed by atoms with van der Waals surface area (Å²) in [4.78, 5) is 16.1. The van der Waals surface area contributed by atoms with Crippen molar-refractivity contribution in [3.05, 3.63) is 33.3 Å². The summed E-state index contributed by atoms with van der Waals surface area (Å²) in [7, 11) is 0. The van der Waals surface area contributed by atoms with Crippen LogP contribution >= 0.6 is 34.8 Å². The summed E-state index contributed by atoms with van der Waals surface area (Å²) in [5.41, 5.74) is -0.0577. The Labute approximate surface area is 143 Å². The third kappa shape index (κ3) is 4.15. The zero-order chi connectivity index (χ0) is 16.5. The number of hydrogen-bond acceptors (Lipinski definition) is 4. The fourth-order valence-electron chi connectivity index (χ4n) is 1.82. The summed E-state index contributed by atoms with van der Waals surface area (Å²) in [6.45, 7) is 5.39. The Hall–Kier alpha value is -1.23. The van der Waals surface area contributed by atoms with E-state index in [0.717, 1.165) is 0 Å². The highest BCUT2D eigenvalue weighted by Gasteiger charge is 2.16. The van der Waals surface area contributed by atoms with Crippen LogP contribution in [0.25, 0.3) is 10.9 Å². The molecular formula is C15H15Cl3N2O2. The van der Waals surface area contributed by atoms with Gasteiger partial charge in [-0.2, -0.15) is 0 Å². The second-order valence-electron chi connectivity index (χ2n) is 5.69. The zero-order valence-corrected chi connectivity index (χ0v) is 14.6. The van der Waals surface area contributed by atoms with Crippen LogP contribution in [0.5, 0.6) is 0 Å². The first-order valence-corrected chi connectivity index (χ1v) is 7.71. The topological polar surface area (TPSA) is 51.2 Å². The first-order chi connectivity index (χ1) is 10.2. The Morgan fingerprint density at radius 1 is 1.23 bits per heavy atom. The number of hydrogen-bond donors (Lipinski definition) is 1. The molecule has 0 aliphatic carbocycles. The Kier molecular flexibility index (Phi) is 5.05. The van der Waals surface area contributed by atoms with Gasteiger partial charge >= 0.3 is 5.97 Å². The van der Waals surface area contributed by atoms with Crippen molar-refractivity contribution < 1.29 is 9.53 Å². The van der Waals surface area contributed by atoms with Crippen LogP contribution < -0.4 is 5.32 Å². The van der Waals surface area contributed by atoms with Crippen LogP contribution in [-0.2, 0) is 9.53 Å². The van der Waals surface area contributed by atoms with E-state index < -0.39 is 5.60 Å². The first-order valence-electron chi connectivity index (χ1n) is 6.57. The molecule has 7 heteroatoms. The molecule has 1 aromatic heterocycles. The number of esters is 1. The van der Waals surface area contributed by atoms with Gasteiger partial charge in [0.25, 0.3) is 0 Å². The maximum Gasteiger partial charge on any atom is 0.325 e. The predicted molar refractivity (Wildman–Crippen MR) is 91.1 cm³/mol. The van der Waals surface area contributed by atoms with Gasteiger partial charge in [-0.05, 0) is 39.0 Å². The lowest BCUT2D eigenvalue weighted by Crippen LogP contribution is -2.28. The lowest BCUT2D eigenvalue weighted by atomic mass is 10.2. The van der Waals surface area contributed by atoms with Gasteiger partial charge in [0.15, 0.2) is 0 Å². The van der Waals surface area contributed by atoms with Gasteiger partial charge in [-0.1, -0.05) is 34.8 Å². The number of halogens is 3. The third-order valence-electron chi connectivity index (χ3n) is 2.66. The van der Waals surface area contributed by atoms with E-state index >= 15 is 0 Å². The van der Waals surface area contributed by atoms with Crippen LogP contribution in [0, 0.1) is 0 Å². The number of nitrogens with one attached hydrogen (secondary N) is 1. The smallest absolute Gasteiger partial charge is 0.325 e. The van der Waals surface area contributed by atoms with Crippen molar-refractivity contribution in [2.24, 2.45) is 0 Å². The summed E-state index contributed by atoms with van der Waals surface area (Å²) in [6.07, 6.45) is 0. The van der Waals surface area contributed by atoms with Crippen molar-refractivity contribution >= 4 is 57.5 Å². The molecule has 0 saturated heterocycles. The van der Waals surface area contributed by atoms with E-state index in [1.807, 2.05) is 0 Å². The monoisotopic (exact) mass is 360 g/mol. The van der Waals surface area contributed by atoms with Crippen molar-refractivity contribution in [1.82, 2.24) is 4.98 Å². The molecule has 2 aromatic rings. The molecule has 1 N–H and O–H groups in total. The van der Waals surface area contributed by atoms with Gasteiger partial charge in [-0.25, -0.2) is 4.98 Å². The molecule has 22 heavy (non-hydrogen) atoms. The Morgan fingerprint density at radius 3 is 2.55 bits per heavy atom. The van der Waals surface area contributed by atoms with Crippen molar-refractivity contribution in [2.75, 3.05) is 11.9 Å². The average molecular weight is 362 g/mol. The molecule has 118 valence electrons. The minimum atomic E-state index is -0.538. The molecule has 1 heterocycles. The third-order valence-corrected chi connectivity index (χ3v) is 3.76. The van der Waals surface area contributed by atoms with E-state index in [0.29, 0.717) is 31.8 Å². The molecule has 0 amide bonds. The van der Waals surface area contributed by atoms with Crippen molar-refractivity contribution in [2.45, 2.75) is 26.4 Å². The van der Waals surface area contributed by atoms with E-state index in [9.17, 15) is 4.79 Å². The van der Waals surface area contributed by atoms with E-state index in [1.54, 1.807) is 39.0 Å². The van der Waals surface area contributed by atoms with E-state index in [2.05, 4.69) is 10.3 Å². The maximum absolute atomic E-state index is 11.7. The first kappa shape index (κ1) is 17.1. The van der Waals surface area contributed by atoms with Gasteiger partial charge < -0.3 is 10.1 Å². The van der Waals surface area contributed by atoms with E-state index in [1.165, 1.54) is 0 Å². The highest BCUT2D eigenvalue weighted by molar-refractivity contribution is 6.46. The minimum absolute atomic E-state index is 0.0235. The number of pyridine rings is 1. The van der Waals surface area contributed by atoms with Gasteiger partial charge in [0, 0.05) is 5.39 Å². The summed E-state index contributed by atoms with van der Waals surface area (Å²) >= 11 is 18.3. The van der Waals surface area contributed by atoms with Crippen LogP contribution in [0.2, 0.25) is 15.1 Å². The number of carbonyl (C=O) groups excluding carboxylic acids is 1. The number of ether oxygens (including phenoxy) is 1. The molecule has 0 aliphatic heterocycles. The molecule has 4 nitrogen and oxygen atoms in total. The van der Waals surface area contributed by atoms with Crippen molar-refractivity contribution in [3.63, 3.8) is 0 Å². The molecule has 0 saturated carbocycles. The lowest BCUT2D eigenvalue weighted by molar-refractivity contribution is -0.152. The Bertz CT molecular complexity index is 727. The zero-order valence-electron chi connectivity index (χ0n) is 12.3. The highest BCUT2D eigenvalue weighted by Crippen LogP contribution is 2.34. The number of carbonyl (C=O) groups is 1. The van der Waals surface area contributed by atoms with Crippen LogP contribution in [0.15, 0.2) is 18.2 Å². The summed E-state index contributed by atoms with van der Waals surface area (Å²) in [5.74, 6) is 0.0373. The number of anilines is 1. The van der Waals surface area contributed by atoms with Crippen LogP contribution in [-0.4, -0.2) is 23.1 Å². The highest BCUT2D eigenvalue weighted by atomic mass is 35.5. The lowest BCUT2D eigenvalue weighted by Gasteiger charge is -2.19. The van der Waals surface area contributed by atoms with Crippen LogP contribution in [0.4, 0.5) is 5.82 Å². The number of fused-ring (bicyclic) bond motifs is 1. The van der Waals surface area contributed by atoms with Crippen LogP contribution in [0.3, 0.4) is 0 Å². The van der Waals surface area contributed by atoms with Gasteiger partial charge in [0.1, 0.15) is 18.0 Å². The fourth-order valence-corrected chi connectivity index (χ4v) is 2.44. The molecule has 0 aliphatic rings. The standard InChI is InChI=1S/C15H15Cl3N2O2/c1-15(2,3)22-12(21)7-19-11-6-10(17)8-4-5-9(16)13(18)14(8)20-11/h4-6H,7H2,1-3H3,(H,19,20). The van der Waals surface area contributed by atoms with Crippen molar-refractivity contribution in [1.29, 1.82) is 0 Å². The maximum atomic E-state index is 11.7. The largest absolute Gasteiger partial charge is 0.459 e. The van der Waals surface area contributed by atoms with Gasteiger partial charge in [0.05, 0.1) is 20.6 Å². The van der Waals surface area contributed by atoms with Crippen molar-refractivity contribution in [3.8, 4) is 0 Å². The summed E-state index contributed by atoms with van der Waals surface area (Å²) in [5, 5.41) is 4.75. The molecule has 2 rings (SSSR count). The van der Waals surface area contributed by atoms with E-state index in [-0.39, 0.29) is 12.5 Å². The number of rotatable bonds is 3. The molecule has 0 radical (unpaired) electrons. The van der Waals surface area contributed by atoms with Crippen LogP contribution in [0.1, 0.15) is 20.8 Å². The summed E-state index contributed by atoms with van der Waals surface area (Å²) < 4.78 is 5.21. The molecule has 0 fully saturated rings. The molecule has 1 aromatic carbocycles. The Morgan fingerprint density at radius 2 is 1.91 bits per heavy atom. The number of nitrogens with zero attached hydrogens (tertiary/aromatic N) is 1. The SMILES string of the molecule is CC(C)(C)OC(=O)CNc1cc(Cl)c2ccc(Cl)c(Cl)c2n1. The molecule has 0 spiro atoms. The Balaban J connectivity index is 2.22. The van der Waals surface area contributed by atoms with E-state index in [4.69, 9.17) is 39.5 Å². The normalized spacial score (nSPS) is 11.5. The van der Waals surface area contributed by atoms with Gasteiger partial charge in [0.2, 0.25) is 0 Å². The second kappa shape index (κ2) is 6.49. The number of benzene rings is 1. The minimum Gasteiger partial charge on any atom is -0.459 e. The average Bonchev–Trinajstić information content (AvgIpc) is 2.39. The van der Waals surface area contributed by atoms with Gasteiger partial charge in [-0.3, -0.25) is 4.79 Å².